The van der Waals surface area contributed by atoms with Gasteiger partial charge in [-0.15, -0.1) is 0 Å². The quantitative estimate of drug-likeness (QED) is 0.684. The normalized spacial score (nSPS) is 18.1. The first-order valence-corrected chi connectivity index (χ1v) is 8.94. The molecule has 7 heteroatoms. The van der Waals surface area contributed by atoms with E-state index in [2.05, 4.69) is 5.32 Å². The van der Waals surface area contributed by atoms with E-state index in [0.29, 0.717) is 11.8 Å². The van der Waals surface area contributed by atoms with Crippen molar-refractivity contribution in [2.24, 2.45) is 0 Å². The molecule has 4 rings (SSSR count). The van der Waals surface area contributed by atoms with Gasteiger partial charge in [-0.2, -0.15) is 0 Å². The average Bonchev–Trinajstić information content (AvgIpc) is 2.93. The molecule has 1 aliphatic rings. The molecule has 0 saturated carbocycles. The van der Waals surface area contributed by atoms with Crippen LogP contribution in [0.15, 0.2) is 66.7 Å². The van der Waals surface area contributed by atoms with Crippen molar-refractivity contribution in [3.8, 4) is 0 Å². The molecule has 148 valence electrons. The minimum absolute atomic E-state index is 0.175. The molecule has 4 nitrogen and oxygen atoms in total. The largest absolute Gasteiger partial charge is 0.393 e. The Morgan fingerprint density at radius 3 is 2.31 bits per heavy atom. The van der Waals surface area contributed by atoms with Crippen molar-refractivity contribution >= 4 is 17.3 Å². The van der Waals surface area contributed by atoms with Crippen LogP contribution in [0.2, 0.25) is 0 Å². The van der Waals surface area contributed by atoms with Crippen molar-refractivity contribution in [2.45, 2.75) is 12.1 Å². The van der Waals surface area contributed by atoms with E-state index in [0.717, 1.165) is 23.8 Å². The van der Waals surface area contributed by atoms with Crippen LogP contribution in [0.1, 0.15) is 11.1 Å². The van der Waals surface area contributed by atoms with Gasteiger partial charge in [0.25, 0.3) is 5.91 Å². The third-order valence-corrected chi connectivity index (χ3v) is 5.02. The topological polar surface area (TPSA) is 52.6 Å². The number of anilines is 2. The highest BCUT2D eigenvalue weighted by atomic mass is 19.1. The van der Waals surface area contributed by atoms with Crippen LogP contribution in [-0.2, 0) is 16.9 Å². The van der Waals surface area contributed by atoms with Gasteiger partial charge in [-0.1, -0.05) is 30.3 Å². The Balaban J connectivity index is 1.81. The number of aliphatic hydroxyl groups excluding tert-OH is 1. The van der Waals surface area contributed by atoms with Crippen LogP contribution >= 0.6 is 0 Å². The van der Waals surface area contributed by atoms with Gasteiger partial charge in [0.2, 0.25) is 0 Å². The second-order valence-corrected chi connectivity index (χ2v) is 6.85. The van der Waals surface area contributed by atoms with Gasteiger partial charge in [-0.05, 0) is 35.9 Å². The van der Waals surface area contributed by atoms with Crippen LogP contribution in [0, 0.1) is 17.5 Å². The number of rotatable bonds is 5. The lowest BCUT2D eigenvalue weighted by Gasteiger charge is -2.29. The second-order valence-electron chi connectivity index (χ2n) is 6.85. The molecule has 2 N–H and O–H groups in total. The first-order chi connectivity index (χ1) is 13.9. The summed E-state index contributed by atoms with van der Waals surface area (Å²) in [5.74, 6) is -2.86. The smallest absolute Gasteiger partial charge is 0.260 e. The minimum Gasteiger partial charge on any atom is -0.393 e. The molecule has 0 fully saturated rings. The number of benzene rings is 3. The van der Waals surface area contributed by atoms with Gasteiger partial charge in [-0.3, -0.25) is 4.79 Å². The van der Waals surface area contributed by atoms with E-state index in [1.54, 1.807) is 0 Å². The summed E-state index contributed by atoms with van der Waals surface area (Å²) in [7, 11) is 0. The van der Waals surface area contributed by atoms with E-state index in [4.69, 9.17) is 0 Å². The number of carbonyl (C=O) groups excluding carboxylic acids is 1. The third kappa shape index (κ3) is 3.23. The zero-order valence-electron chi connectivity index (χ0n) is 15.2. The number of hydrogen-bond donors (Lipinski definition) is 2. The average molecular weight is 398 g/mol. The summed E-state index contributed by atoms with van der Waals surface area (Å²) < 4.78 is 41.6. The summed E-state index contributed by atoms with van der Waals surface area (Å²) >= 11 is 0. The number of amides is 1. The first kappa shape index (κ1) is 19.0. The van der Waals surface area contributed by atoms with E-state index in [1.807, 2.05) is 30.3 Å². The summed E-state index contributed by atoms with van der Waals surface area (Å²) in [5.41, 5.74) is -0.553. The molecule has 1 aliphatic heterocycles. The lowest BCUT2D eigenvalue weighted by molar-refractivity contribution is -0.123. The van der Waals surface area contributed by atoms with Crippen LogP contribution in [0.25, 0.3) is 0 Å². The zero-order valence-corrected chi connectivity index (χ0v) is 15.2. The Kier molecular flexibility index (Phi) is 4.76. The summed E-state index contributed by atoms with van der Waals surface area (Å²) in [6.45, 7) is -0.558. The second kappa shape index (κ2) is 7.25. The van der Waals surface area contributed by atoms with Gasteiger partial charge in [0.15, 0.2) is 5.54 Å². The van der Waals surface area contributed by atoms with Crippen molar-refractivity contribution < 1.29 is 23.1 Å². The van der Waals surface area contributed by atoms with Crippen molar-refractivity contribution in [1.82, 2.24) is 0 Å². The van der Waals surface area contributed by atoms with Gasteiger partial charge in [0.1, 0.15) is 17.5 Å². The van der Waals surface area contributed by atoms with Gasteiger partial charge in [-0.25, -0.2) is 13.2 Å². The molecule has 29 heavy (non-hydrogen) atoms. The number of carbonyl (C=O) groups is 1. The lowest BCUT2D eigenvalue weighted by atomic mass is 9.91. The van der Waals surface area contributed by atoms with E-state index in [1.165, 1.54) is 17.0 Å². The highest BCUT2D eigenvalue weighted by molar-refractivity contribution is 6.09. The SMILES string of the molecule is O=C1N(Cc2ccccc2)c2ccc(F)cc2C1(CO)Nc1ccc(F)cc1F. The number of nitrogens with one attached hydrogen (secondary N) is 1. The highest BCUT2D eigenvalue weighted by Crippen LogP contribution is 2.43. The zero-order chi connectivity index (χ0) is 20.6. The van der Waals surface area contributed by atoms with Crippen molar-refractivity contribution in [1.29, 1.82) is 0 Å². The molecule has 3 aromatic carbocycles. The van der Waals surface area contributed by atoms with E-state index < -0.39 is 35.5 Å². The lowest BCUT2D eigenvalue weighted by Crippen LogP contribution is -2.48. The number of nitrogens with zero attached hydrogens (tertiary/aromatic N) is 1. The Morgan fingerprint density at radius 1 is 0.931 bits per heavy atom. The van der Waals surface area contributed by atoms with Crippen LogP contribution in [0.5, 0.6) is 0 Å². The molecule has 1 heterocycles. The fourth-order valence-corrected chi connectivity index (χ4v) is 3.60. The van der Waals surface area contributed by atoms with Gasteiger partial charge < -0.3 is 15.3 Å². The van der Waals surface area contributed by atoms with Crippen LogP contribution in [-0.4, -0.2) is 17.6 Å². The molecule has 0 bridgehead atoms. The summed E-state index contributed by atoms with van der Waals surface area (Å²) in [5, 5.41) is 12.9. The Morgan fingerprint density at radius 2 is 1.62 bits per heavy atom. The highest BCUT2D eigenvalue weighted by Gasteiger charge is 2.51. The summed E-state index contributed by atoms with van der Waals surface area (Å²) in [6.07, 6.45) is 0. The maximum Gasteiger partial charge on any atom is 0.260 e. The van der Waals surface area contributed by atoms with Crippen molar-refractivity contribution in [3.05, 3.63) is 95.3 Å². The van der Waals surface area contributed by atoms with E-state index in [9.17, 15) is 23.1 Å². The fraction of sp³-hybridized carbons (Fsp3) is 0.136. The molecule has 1 atom stereocenters. The molecule has 0 radical (unpaired) electrons. The van der Waals surface area contributed by atoms with Gasteiger partial charge >= 0.3 is 0 Å². The molecular formula is C22H17F3N2O2. The maximum atomic E-state index is 14.3. The molecule has 3 aromatic rings. The Bertz CT molecular complexity index is 1070. The summed E-state index contributed by atoms with van der Waals surface area (Å²) in [6, 6.07) is 15.8. The standard InChI is InChI=1S/C22H17F3N2O2/c23-15-7-9-20-17(10-15)22(13-28,26-19-8-6-16(24)11-18(19)25)21(29)27(20)12-14-4-2-1-3-5-14/h1-11,26,28H,12-13H2. The first-order valence-electron chi connectivity index (χ1n) is 8.94. The minimum atomic E-state index is -1.80. The number of fused-ring (bicyclic) bond motifs is 1. The van der Waals surface area contributed by atoms with Gasteiger partial charge in [0.05, 0.1) is 24.5 Å². The monoisotopic (exact) mass is 398 g/mol. The molecule has 0 saturated heterocycles. The van der Waals surface area contributed by atoms with E-state index >= 15 is 0 Å². The predicted octanol–water partition coefficient (Wildman–Crippen LogP) is 3.95. The molecule has 0 aliphatic carbocycles. The number of hydrogen-bond acceptors (Lipinski definition) is 3. The maximum absolute atomic E-state index is 14.3. The van der Waals surface area contributed by atoms with Gasteiger partial charge in [0, 0.05) is 11.6 Å². The molecule has 1 amide bonds. The fourth-order valence-electron chi connectivity index (χ4n) is 3.60. The van der Waals surface area contributed by atoms with Crippen molar-refractivity contribution in [3.63, 3.8) is 0 Å². The van der Waals surface area contributed by atoms with Crippen LogP contribution < -0.4 is 10.2 Å². The molecule has 0 aromatic heterocycles. The third-order valence-electron chi connectivity index (χ3n) is 5.02. The number of aliphatic hydroxyl groups is 1. The molecule has 1 unspecified atom stereocenters. The Hall–Kier alpha value is -3.32. The summed E-state index contributed by atoms with van der Waals surface area (Å²) in [4.78, 5) is 14.8. The molecular weight excluding hydrogens is 381 g/mol. The van der Waals surface area contributed by atoms with Crippen molar-refractivity contribution in [2.75, 3.05) is 16.8 Å². The predicted molar refractivity (Wildman–Crippen MR) is 103 cm³/mol. The van der Waals surface area contributed by atoms with Crippen LogP contribution in [0.4, 0.5) is 24.5 Å². The number of halogens is 3. The van der Waals surface area contributed by atoms with Crippen LogP contribution in [0.3, 0.4) is 0 Å². The molecule has 0 spiro atoms. The Labute approximate surface area is 165 Å². The van der Waals surface area contributed by atoms with E-state index in [-0.39, 0.29) is 17.8 Å².